The first-order valence-corrected chi connectivity index (χ1v) is 17.5. The molecule has 1 unspecified atom stereocenters. The average molecular weight is 504 g/mol. The summed E-state index contributed by atoms with van der Waals surface area (Å²) in [5.41, 5.74) is 8.57. The van der Waals surface area contributed by atoms with Gasteiger partial charge in [-0.2, -0.15) is 11.1 Å². The van der Waals surface area contributed by atoms with Crippen LogP contribution in [0.5, 0.6) is 0 Å². The average Bonchev–Trinajstić information content (AvgIpc) is 3.25. The molecule has 0 saturated heterocycles. The van der Waals surface area contributed by atoms with Gasteiger partial charge in [0.05, 0.1) is 0 Å². The Hall–Kier alpha value is -1.37. The van der Waals surface area contributed by atoms with E-state index in [4.69, 9.17) is 0 Å². The van der Waals surface area contributed by atoms with Crippen molar-refractivity contribution in [1.82, 2.24) is 0 Å². The zero-order chi connectivity index (χ0) is 23.0. The Bertz CT molecular complexity index is 1080. The summed E-state index contributed by atoms with van der Waals surface area (Å²) in [6.07, 6.45) is 5.72. The molecule has 0 heterocycles. The Morgan fingerprint density at radius 1 is 1.03 bits per heavy atom. The summed E-state index contributed by atoms with van der Waals surface area (Å²) in [4.78, 5) is 0. The molecule has 0 fully saturated rings. The maximum atomic E-state index is 3.36. The number of fused-ring (bicyclic) bond motifs is 1. The van der Waals surface area contributed by atoms with Crippen molar-refractivity contribution in [1.29, 1.82) is 0 Å². The van der Waals surface area contributed by atoms with Crippen molar-refractivity contribution in [3.63, 3.8) is 0 Å². The zero-order valence-electron chi connectivity index (χ0n) is 20.3. The molecule has 0 bridgehead atoms. The predicted molar refractivity (Wildman–Crippen MR) is 136 cm³/mol. The topological polar surface area (TPSA) is 0 Å². The second kappa shape index (κ2) is 12.6. The summed E-state index contributed by atoms with van der Waals surface area (Å²) in [5.74, 6) is 0.560. The van der Waals surface area contributed by atoms with Gasteiger partial charge in [0.15, 0.2) is 0 Å². The SMILES string of the molecule is CC1=[C-]C(C)C(C)=C1C.CCCc1cccc(-c2c[cH-]c3ccccc23)c1.C[Si](C)=[Zr+2]. The van der Waals surface area contributed by atoms with Crippen LogP contribution in [0.15, 0.2) is 77.4 Å². The third-order valence-corrected chi connectivity index (χ3v) is 5.69. The molecule has 3 aromatic rings. The Balaban J connectivity index is 0.000000220. The van der Waals surface area contributed by atoms with E-state index in [1.165, 1.54) is 50.6 Å². The number of hydrogen-bond donors (Lipinski definition) is 0. The van der Waals surface area contributed by atoms with Gasteiger partial charge in [0.25, 0.3) is 0 Å². The Labute approximate surface area is 205 Å². The molecule has 4 rings (SSSR count). The molecule has 1 aliphatic rings. The zero-order valence-corrected chi connectivity index (χ0v) is 23.7. The van der Waals surface area contributed by atoms with E-state index in [0.29, 0.717) is 5.92 Å². The number of benzene rings is 2. The van der Waals surface area contributed by atoms with E-state index >= 15 is 0 Å². The molecule has 31 heavy (non-hydrogen) atoms. The van der Waals surface area contributed by atoms with Gasteiger partial charge in [-0.25, -0.2) is 5.57 Å². The van der Waals surface area contributed by atoms with E-state index in [1.54, 1.807) is 23.3 Å². The van der Waals surface area contributed by atoms with Crippen LogP contribution < -0.4 is 0 Å². The van der Waals surface area contributed by atoms with Crippen LogP contribution in [0.3, 0.4) is 0 Å². The number of hydrogen-bond acceptors (Lipinski definition) is 0. The second-order valence-corrected chi connectivity index (χ2v) is 18.0. The van der Waals surface area contributed by atoms with Crippen molar-refractivity contribution in [3.8, 4) is 11.1 Å². The second-order valence-electron chi connectivity index (χ2n) is 8.58. The number of rotatable bonds is 3. The third-order valence-electron chi connectivity index (χ3n) is 5.69. The van der Waals surface area contributed by atoms with E-state index in [0.717, 1.165) is 6.42 Å². The molecule has 0 radical (unpaired) electrons. The molecule has 0 aromatic heterocycles. The minimum absolute atomic E-state index is 0.210. The van der Waals surface area contributed by atoms with Crippen LogP contribution >= 0.6 is 0 Å². The molecular formula is C29H36SiZr. The summed E-state index contributed by atoms with van der Waals surface area (Å²) in [5, 5.41) is 2.68. The Morgan fingerprint density at radius 2 is 1.71 bits per heavy atom. The fraction of sp³-hybridized carbons (Fsp3) is 0.345. The molecule has 1 aliphatic carbocycles. The van der Waals surface area contributed by atoms with E-state index in [9.17, 15) is 0 Å². The van der Waals surface area contributed by atoms with Crippen LogP contribution in [0.4, 0.5) is 0 Å². The molecule has 0 N–H and O–H groups in total. The summed E-state index contributed by atoms with van der Waals surface area (Å²) >= 11 is 1.74. The van der Waals surface area contributed by atoms with Crippen LogP contribution in [-0.4, -0.2) is 5.43 Å². The third kappa shape index (κ3) is 7.62. The van der Waals surface area contributed by atoms with Gasteiger partial charge in [-0.3, -0.25) is 6.08 Å². The molecule has 160 valence electrons. The quantitative estimate of drug-likeness (QED) is 0.248. The van der Waals surface area contributed by atoms with Gasteiger partial charge in [0.1, 0.15) is 0 Å². The summed E-state index contributed by atoms with van der Waals surface area (Å²) in [6, 6.07) is 22.0. The van der Waals surface area contributed by atoms with Gasteiger partial charge in [-0.15, -0.1) is 53.6 Å². The minimum atomic E-state index is 0.210. The van der Waals surface area contributed by atoms with Gasteiger partial charge in [0.2, 0.25) is 0 Å². The number of allylic oxidation sites excluding steroid dienone is 4. The summed E-state index contributed by atoms with van der Waals surface area (Å²) < 4.78 is 0. The molecule has 3 aromatic carbocycles. The molecule has 0 aliphatic heterocycles. The van der Waals surface area contributed by atoms with Crippen molar-refractivity contribution in [2.75, 3.05) is 0 Å². The fourth-order valence-electron chi connectivity index (χ4n) is 3.75. The van der Waals surface area contributed by atoms with Crippen molar-refractivity contribution in [3.05, 3.63) is 89.0 Å². The van der Waals surface area contributed by atoms with Gasteiger partial charge in [0, 0.05) is 0 Å². The van der Waals surface area contributed by atoms with Crippen LogP contribution in [0.1, 0.15) is 46.6 Å². The maximum absolute atomic E-state index is 3.36. The Kier molecular flexibility index (Phi) is 10.5. The first-order valence-electron chi connectivity index (χ1n) is 11.3. The van der Waals surface area contributed by atoms with Crippen molar-refractivity contribution >= 4 is 16.2 Å². The molecule has 1 atom stereocenters. The molecule has 0 nitrogen and oxygen atoms in total. The Morgan fingerprint density at radius 3 is 2.26 bits per heavy atom. The van der Waals surface area contributed by atoms with E-state index in [-0.39, 0.29) is 5.43 Å². The van der Waals surface area contributed by atoms with Gasteiger partial charge >= 0.3 is 41.9 Å². The van der Waals surface area contributed by atoms with Crippen LogP contribution in [0.2, 0.25) is 13.1 Å². The molecule has 0 saturated carbocycles. The first-order chi connectivity index (χ1) is 14.7. The van der Waals surface area contributed by atoms with Gasteiger partial charge < -0.3 is 0 Å². The van der Waals surface area contributed by atoms with Crippen LogP contribution in [0, 0.1) is 12.0 Å². The molecule has 2 heteroatoms. The predicted octanol–water partition coefficient (Wildman–Crippen LogP) is 8.68. The number of aryl methyl sites for hydroxylation is 1. The summed E-state index contributed by atoms with van der Waals surface area (Å²) in [6.45, 7) is 15.5. The molecule has 0 amide bonds. The van der Waals surface area contributed by atoms with Crippen molar-refractivity contribution in [2.24, 2.45) is 5.92 Å². The first kappa shape index (κ1) is 25.9. The van der Waals surface area contributed by atoms with Gasteiger partial charge in [-0.05, 0) is 12.0 Å². The standard InChI is InChI=1S/C18H17.C9H13.C2H6Si.Zr/c1-2-6-14-7-5-9-16(13-14)18-12-11-15-8-3-4-10-17(15)18;1-6-5-7(2)9(4)8(6)3;1-3-2;/h3-5,7-13H,2,6H2,1H3;6H,1-4H3;1-2H3;/q2*-1;;+2. The monoisotopic (exact) mass is 502 g/mol. The van der Waals surface area contributed by atoms with Gasteiger partial charge in [-0.1, -0.05) is 75.9 Å². The van der Waals surface area contributed by atoms with E-state index < -0.39 is 0 Å². The van der Waals surface area contributed by atoms with E-state index in [2.05, 4.69) is 114 Å². The van der Waals surface area contributed by atoms with Crippen LogP contribution in [0.25, 0.3) is 21.9 Å². The molecule has 0 spiro atoms. The normalized spacial score (nSPS) is 15.1. The van der Waals surface area contributed by atoms with Crippen molar-refractivity contribution < 1.29 is 23.3 Å². The fourth-order valence-corrected chi connectivity index (χ4v) is 3.75. The van der Waals surface area contributed by atoms with Crippen LogP contribution in [-0.2, 0) is 29.8 Å². The van der Waals surface area contributed by atoms with Crippen molar-refractivity contribution in [2.45, 2.75) is 60.6 Å². The van der Waals surface area contributed by atoms with E-state index in [1.807, 2.05) is 0 Å². The summed E-state index contributed by atoms with van der Waals surface area (Å²) in [7, 11) is 0. The molecular weight excluding hydrogens is 468 g/mol.